The van der Waals surface area contributed by atoms with Crippen molar-refractivity contribution in [3.05, 3.63) is 0 Å². The molecule has 0 heteroatoms. The van der Waals surface area contributed by atoms with Crippen LogP contribution in [0.15, 0.2) is 0 Å². The van der Waals surface area contributed by atoms with Crippen LogP contribution in [0, 0.1) is 41.4 Å². The zero-order valence-electron chi connectivity index (χ0n) is 56.9. The first kappa shape index (κ1) is 86.9. The van der Waals surface area contributed by atoms with Crippen molar-refractivity contribution < 1.29 is 0 Å². The summed E-state index contributed by atoms with van der Waals surface area (Å²) in [7, 11) is 0. The lowest BCUT2D eigenvalue weighted by molar-refractivity contribution is 0.470. The molecule has 0 fully saturated rings. The van der Waals surface area contributed by atoms with E-state index in [1.165, 1.54) is 289 Å². The summed E-state index contributed by atoms with van der Waals surface area (Å²) in [5, 5.41) is 0. The Morgan fingerprint density at radius 3 is 0.397 bits per heavy atom. The van der Waals surface area contributed by atoms with Crippen molar-refractivity contribution in [3.8, 4) is 0 Å². The lowest BCUT2D eigenvalue weighted by atomic mass is 10.00. The van der Waals surface area contributed by atoms with Crippen molar-refractivity contribution in [2.24, 2.45) is 41.4 Å². The molecule has 0 N–H and O–H groups in total. The van der Waals surface area contributed by atoms with Crippen LogP contribution in [0.3, 0.4) is 0 Å². The largest absolute Gasteiger partial charge is 0.0654 e. The summed E-state index contributed by atoms with van der Waals surface area (Å²) in [5.41, 5.74) is 0. The monoisotopic (exact) mass is 1040 g/mol. The predicted molar refractivity (Wildman–Crippen MR) is 351 cm³/mol. The molecule has 0 aliphatic carbocycles. The molecule has 0 aromatic carbocycles. The quantitative estimate of drug-likeness (QED) is 0.0533. The van der Waals surface area contributed by atoms with E-state index in [1.54, 1.807) is 0 Å². The van der Waals surface area contributed by atoms with Crippen LogP contribution in [0.1, 0.15) is 434 Å². The summed E-state index contributed by atoms with van der Waals surface area (Å²) in [6.07, 6.45) is 63.9. The molecular weight excluding hydrogens is 877 g/mol. The molecule has 0 amide bonds. The molecule has 73 heavy (non-hydrogen) atoms. The van der Waals surface area contributed by atoms with E-state index in [2.05, 4.69) is 145 Å². The van der Waals surface area contributed by atoms with Gasteiger partial charge in [0.05, 0.1) is 0 Å². The van der Waals surface area contributed by atoms with Crippen LogP contribution in [0.2, 0.25) is 0 Å². The molecule has 0 aliphatic heterocycles. The molecule has 0 bridgehead atoms. The Hall–Kier alpha value is 0. The smallest absolute Gasteiger partial charge is 0.0445 e. The van der Waals surface area contributed by atoms with Gasteiger partial charge in [0.2, 0.25) is 0 Å². The summed E-state index contributed by atoms with van der Waals surface area (Å²) in [4.78, 5) is 0. The van der Waals surface area contributed by atoms with Gasteiger partial charge in [-0.2, -0.15) is 0 Å². The maximum absolute atomic E-state index is 2.38. The van der Waals surface area contributed by atoms with Crippen LogP contribution in [0.25, 0.3) is 0 Å². The number of hydrogen-bond donors (Lipinski definition) is 0. The summed E-state index contributed by atoms with van der Waals surface area (Å²) in [6, 6.07) is 0. The third-order valence-electron chi connectivity index (χ3n) is 16.6. The van der Waals surface area contributed by atoms with Gasteiger partial charge in [-0.3, -0.25) is 0 Å². The van der Waals surface area contributed by atoms with E-state index in [0.717, 1.165) is 41.4 Å². The molecule has 0 spiro atoms. The van der Waals surface area contributed by atoms with E-state index in [1.807, 2.05) is 0 Å². The minimum absolute atomic E-state index is 0.935. The molecule has 0 radical (unpaired) electrons. The Labute approximate surface area is 473 Å². The lowest BCUT2D eigenvalue weighted by Crippen LogP contribution is -1.91. The highest BCUT2D eigenvalue weighted by molar-refractivity contribution is 4.55. The summed E-state index contributed by atoms with van der Waals surface area (Å²) in [5.74, 6) is 6.66. The Bertz CT molecular complexity index is 776. The van der Waals surface area contributed by atoms with E-state index in [0.29, 0.717) is 0 Å². The van der Waals surface area contributed by atoms with Gasteiger partial charge in [0.15, 0.2) is 0 Å². The highest BCUT2D eigenvalue weighted by Crippen LogP contribution is 2.18. The van der Waals surface area contributed by atoms with Crippen molar-refractivity contribution in [3.63, 3.8) is 0 Å². The third-order valence-corrected chi connectivity index (χ3v) is 16.6. The Balaban J connectivity index is -0.000000141. The van der Waals surface area contributed by atoms with Crippen molar-refractivity contribution in [1.82, 2.24) is 0 Å². The fraction of sp³-hybridized carbons (Fsp3) is 1.00. The molecule has 0 heterocycles. The van der Waals surface area contributed by atoms with Gasteiger partial charge >= 0.3 is 0 Å². The Morgan fingerprint density at radius 2 is 0.260 bits per heavy atom. The van der Waals surface area contributed by atoms with Gasteiger partial charge in [-0.1, -0.05) is 434 Å². The van der Waals surface area contributed by atoms with Gasteiger partial charge in [0.1, 0.15) is 0 Å². The third kappa shape index (κ3) is 101. The molecular formula is C73H160. The second-order valence-electron chi connectivity index (χ2n) is 24.6. The van der Waals surface area contributed by atoms with Crippen molar-refractivity contribution in [2.75, 3.05) is 0 Å². The maximum atomic E-state index is 2.38. The maximum Gasteiger partial charge on any atom is -0.0445 e. The van der Waals surface area contributed by atoms with Gasteiger partial charge in [-0.05, 0) is 41.4 Å². The molecule has 6 unspecified atom stereocenters. The fourth-order valence-corrected chi connectivity index (χ4v) is 8.25. The van der Waals surface area contributed by atoms with Crippen molar-refractivity contribution >= 4 is 0 Å². The van der Waals surface area contributed by atoms with E-state index >= 15 is 0 Å². The molecule has 0 saturated heterocycles. The predicted octanol–water partition coefficient (Wildman–Crippen LogP) is 29.2. The Kier molecular flexibility index (Phi) is 99.2. The normalized spacial score (nSPS) is 13.1. The fourth-order valence-electron chi connectivity index (χ4n) is 8.25. The number of rotatable bonds is 45. The second kappa shape index (κ2) is 83.3. The van der Waals surface area contributed by atoms with E-state index in [-0.39, 0.29) is 0 Å². The SMILES string of the molecule is CCC(C)CC.CCCCC(C)CC.CCCCCCC(C)CC.CCCCCCC(C)CC.CCCCCCCCC(C)CC.CCCCCCCCCC(C)CC.CCCCCCCCCCC(C)CC. The molecule has 0 aromatic rings. The summed E-state index contributed by atoms with van der Waals surface area (Å²) >= 11 is 0. The first-order valence-corrected chi connectivity index (χ1v) is 35.2. The Morgan fingerprint density at radius 1 is 0.137 bits per heavy atom. The van der Waals surface area contributed by atoms with Crippen LogP contribution < -0.4 is 0 Å². The lowest BCUT2D eigenvalue weighted by Gasteiger charge is -2.07. The first-order chi connectivity index (χ1) is 35.2. The average molecular weight is 1040 g/mol. The van der Waals surface area contributed by atoms with Gasteiger partial charge in [-0.15, -0.1) is 0 Å². The van der Waals surface area contributed by atoms with Gasteiger partial charge in [-0.25, -0.2) is 0 Å². The van der Waals surface area contributed by atoms with Crippen molar-refractivity contribution in [1.29, 1.82) is 0 Å². The van der Waals surface area contributed by atoms with Crippen LogP contribution >= 0.6 is 0 Å². The van der Waals surface area contributed by atoms with E-state index in [9.17, 15) is 0 Å². The molecule has 0 saturated carbocycles. The molecule has 0 rings (SSSR count). The zero-order valence-corrected chi connectivity index (χ0v) is 56.9. The molecule has 452 valence electrons. The van der Waals surface area contributed by atoms with Crippen molar-refractivity contribution in [2.45, 2.75) is 434 Å². The van der Waals surface area contributed by atoms with Crippen LogP contribution in [0.4, 0.5) is 0 Å². The van der Waals surface area contributed by atoms with Crippen LogP contribution in [-0.4, -0.2) is 0 Å². The number of hydrogen-bond acceptors (Lipinski definition) is 0. The minimum atomic E-state index is 0.935. The summed E-state index contributed by atoms with van der Waals surface area (Å²) in [6.45, 7) is 48.2. The van der Waals surface area contributed by atoms with Crippen LogP contribution in [0.5, 0.6) is 0 Å². The number of unbranched alkanes of at least 4 members (excludes halogenated alkanes) is 25. The second-order valence-corrected chi connectivity index (χ2v) is 24.6. The van der Waals surface area contributed by atoms with E-state index in [4.69, 9.17) is 0 Å². The standard InChI is InChI=1S/C14H30.C13H28.C12H26.2C10H22.C8H18.C6H14/c1-4-6-7-8-9-10-11-12-13-14(3)5-2;1-4-6-7-8-9-10-11-12-13(3)5-2;1-4-6-7-8-9-10-11-12(3)5-2;2*1-4-6-7-8-9-10(3)5-2;1-4-6-7-8(3)5-2;1-4-6(3)5-2/h14H,4-13H2,1-3H3;13H,4-12H2,1-3H3;12H,4-11H2,1-3H3;2*10H,4-9H2,1-3H3;8H,4-7H2,1-3H3;6H,4-5H2,1-3H3. The molecule has 6 atom stereocenters. The van der Waals surface area contributed by atoms with Gasteiger partial charge in [0.25, 0.3) is 0 Å². The van der Waals surface area contributed by atoms with Crippen LogP contribution in [-0.2, 0) is 0 Å². The average Bonchev–Trinajstić information content (AvgIpc) is 3.42. The zero-order chi connectivity index (χ0) is 56.9. The summed E-state index contributed by atoms with van der Waals surface area (Å²) < 4.78 is 0. The highest BCUT2D eigenvalue weighted by Gasteiger charge is 2.01. The van der Waals surface area contributed by atoms with Gasteiger partial charge in [0, 0.05) is 0 Å². The first-order valence-electron chi connectivity index (χ1n) is 35.2. The van der Waals surface area contributed by atoms with Gasteiger partial charge < -0.3 is 0 Å². The molecule has 0 aromatic heterocycles. The highest BCUT2D eigenvalue weighted by atomic mass is 14.1. The minimum Gasteiger partial charge on any atom is -0.0654 e. The molecule has 0 aliphatic rings. The topological polar surface area (TPSA) is 0 Å². The van der Waals surface area contributed by atoms with E-state index < -0.39 is 0 Å². The molecule has 0 nitrogen and oxygen atoms in total.